The van der Waals surface area contributed by atoms with Gasteiger partial charge in [0.05, 0.1) is 0 Å². The molecule has 168 valence electrons. The summed E-state index contributed by atoms with van der Waals surface area (Å²) >= 11 is 0. The van der Waals surface area contributed by atoms with Gasteiger partial charge in [-0.3, -0.25) is 0 Å². The van der Waals surface area contributed by atoms with Crippen LogP contribution in [0.25, 0.3) is 0 Å². The third-order valence-corrected chi connectivity index (χ3v) is 5.57. The highest BCUT2D eigenvalue weighted by molar-refractivity contribution is 5.19. The molecule has 0 aliphatic carbocycles. The number of ether oxygens (including phenoxy) is 2. The molecule has 2 nitrogen and oxygen atoms in total. The van der Waals surface area contributed by atoms with E-state index >= 15 is 0 Å². The van der Waals surface area contributed by atoms with Crippen LogP contribution in [-0.4, -0.2) is 19.0 Å². The molecule has 0 saturated carbocycles. The van der Waals surface area contributed by atoms with E-state index in [0.717, 1.165) is 37.8 Å². The Kier molecular flexibility index (Phi) is 12.6. The summed E-state index contributed by atoms with van der Waals surface area (Å²) in [4.78, 5) is 0. The fraction of sp³-hybridized carbons (Fsp3) is 0.750. The van der Waals surface area contributed by atoms with Crippen molar-refractivity contribution in [1.82, 2.24) is 0 Å². The maximum Gasteiger partial charge on any atom is 0.194 e. The molecule has 0 spiro atoms. The van der Waals surface area contributed by atoms with Gasteiger partial charge in [-0.25, -0.2) is 13.2 Å². The highest BCUT2D eigenvalue weighted by Gasteiger charge is 2.34. The Morgan fingerprint density at radius 1 is 0.793 bits per heavy atom. The molecule has 0 N–H and O–H groups in total. The zero-order valence-corrected chi connectivity index (χ0v) is 18.7. The topological polar surface area (TPSA) is 18.5 Å². The molecular weight excluding hydrogens is 377 g/mol. The first kappa shape index (κ1) is 26.0. The monoisotopic (exact) mass is 416 g/mol. The van der Waals surface area contributed by atoms with Gasteiger partial charge in [0.1, 0.15) is 0 Å². The molecule has 1 unspecified atom stereocenters. The number of benzene rings is 1. The first-order valence-electron chi connectivity index (χ1n) is 11.3. The maximum atomic E-state index is 13.5. The lowest BCUT2D eigenvalue weighted by Crippen LogP contribution is -2.41. The molecule has 0 saturated heterocycles. The lowest BCUT2D eigenvalue weighted by atomic mass is 9.87. The zero-order valence-electron chi connectivity index (χ0n) is 18.7. The number of aryl methyl sites for hydroxylation is 1. The summed E-state index contributed by atoms with van der Waals surface area (Å²) < 4.78 is 52.0. The molecule has 0 amide bonds. The van der Waals surface area contributed by atoms with Crippen LogP contribution in [0.15, 0.2) is 12.1 Å². The van der Waals surface area contributed by atoms with Gasteiger partial charge in [0.15, 0.2) is 23.2 Å². The lowest BCUT2D eigenvalue weighted by Gasteiger charge is -2.37. The second kappa shape index (κ2) is 14.0. The van der Waals surface area contributed by atoms with E-state index in [-0.39, 0.29) is 5.92 Å². The molecule has 1 aromatic rings. The van der Waals surface area contributed by atoms with Crippen LogP contribution in [0.3, 0.4) is 0 Å². The van der Waals surface area contributed by atoms with Crippen molar-refractivity contribution in [2.75, 3.05) is 13.2 Å². The van der Waals surface area contributed by atoms with E-state index in [0.29, 0.717) is 25.2 Å². The van der Waals surface area contributed by atoms with Crippen LogP contribution < -0.4 is 0 Å². The van der Waals surface area contributed by atoms with E-state index in [9.17, 15) is 13.2 Å². The fourth-order valence-corrected chi connectivity index (χ4v) is 4.00. The Bertz CT molecular complexity index is 548. The molecule has 0 fully saturated rings. The quantitative estimate of drug-likeness (QED) is 0.157. The molecular formula is C24H39F3O2. The molecule has 5 heteroatoms. The van der Waals surface area contributed by atoms with Crippen LogP contribution in [0.5, 0.6) is 0 Å². The van der Waals surface area contributed by atoms with Crippen molar-refractivity contribution in [2.45, 2.75) is 97.7 Å². The Hall–Kier alpha value is -1.07. The van der Waals surface area contributed by atoms with Crippen LogP contribution in [0.1, 0.15) is 91.0 Å². The Morgan fingerprint density at radius 3 is 1.86 bits per heavy atom. The molecule has 29 heavy (non-hydrogen) atoms. The summed E-state index contributed by atoms with van der Waals surface area (Å²) in [6.45, 7) is 9.27. The van der Waals surface area contributed by atoms with Gasteiger partial charge in [-0.05, 0) is 64.2 Å². The average Bonchev–Trinajstić information content (AvgIpc) is 2.67. The van der Waals surface area contributed by atoms with E-state index in [1.54, 1.807) is 0 Å². The minimum atomic E-state index is -1.41. The molecule has 0 aromatic heterocycles. The summed E-state index contributed by atoms with van der Waals surface area (Å²) in [6.07, 6.45) is 10.4. The van der Waals surface area contributed by atoms with Gasteiger partial charge in [-0.15, -0.1) is 0 Å². The normalized spacial score (nSPS) is 13.1. The van der Waals surface area contributed by atoms with Crippen molar-refractivity contribution in [2.24, 2.45) is 5.92 Å². The Labute approximate surface area is 175 Å². The number of rotatable bonds is 16. The summed E-state index contributed by atoms with van der Waals surface area (Å²) in [5, 5.41) is 0. The van der Waals surface area contributed by atoms with Crippen LogP contribution >= 0.6 is 0 Å². The Balaban J connectivity index is 2.69. The van der Waals surface area contributed by atoms with Crippen molar-refractivity contribution in [3.8, 4) is 0 Å². The van der Waals surface area contributed by atoms with E-state index in [1.807, 2.05) is 20.8 Å². The average molecular weight is 417 g/mol. The van der Waals surface area contributed by atoms with Crippen LogP contribution in [0, 0.1) is 23.4 Å². The molecule has 0 bridgehead atoms. The number of halogens is 3. The lowest BCUT2D eigenvalue weighted by molar-refractivity contribution is -0.254. The highest BCUT2D eigenvalue weighted by Crippen LogP contribution is 2.33. The second-order valence-corrected chi connectivity index (χ2v) is 7.90. The van der Waals surface area contributed by atoms with E-state index in [2.05, 4.69) is 6.92 Å². The molecule has 1 rings (SSSR count). The summed E-state index contributed by atoms with van der Waals surface area (Å²) in [5.74, 6) is -4.13. The Morgan fingerprint density at radius 2 is 1.31 bits per heavy atom. The van der Waals surface area contributed by atoms with Gasteiger partial charge in [-0.1, -0.05) is 45.4 Å². The zero-order chi connectivity index (χ0) is 21.7. The summed E-state index contributed by atoms with van der Waals surface area (Å²) in [7, 11) is 0. The van der Waals surface area contributed by atoms with Gasteiger partial charge in [0.25, 0.3) is 0 Å². The van der Waals surface area contributed by atoms with E-state index in [1.165, 1.54) is 32.1 Å². The number of hydrogen-bond acceptors (Lipinski definition) is 2. The van der Waals surface area contributed by atoms with Crippen LogP contribution in [0.4, 0.5) is 13.2 Å². The second-order valence-electron chi connectivity index (χ2n) is 7.90. The fourth-order valence-electron chi connectivity index (χ4n) is 4.00. The van der Waals surface area contributed by atoms with Crippen molar-refractivity contribution in [3.63, 3.8) is 0 Å². The van der Waals surface area contributed by atoms with E-state index in [4.69, 9.17) is 9.47 Å². The van der Waals surface area contributed by atoms with Crippen LogP contribution in [0.2, 0.25) is 0 Å². The first-order valence-corrected chi connectivity index (χ1v) is 11.3. The highest BCUT2D eigenvalue weighted by atomic mass is 19.2. The van der Waals surface area contributed by atoms with E-state index < -0.39 is 23.2 Å². The van der Waals surface area contributed by atoms with Gasteiger partial charge < -0.3 is 9.47 Å². The smallest absolute Gasteiger partial charge is 0.194 e. The molecule has 0 aliphatic heterocycles. The molecule has 1 aromatic carbocycles. The van der Waals surface area contributed by atoms with Crippen molar-refractivity contribution in [1.29, 1.82) is 0 Å². The predicted molar refractivity (Wildman–Crippen MR) is 112 cm³/mol. The van der Waals surface area contributed by atoms with Crippen molar-refractivity contribution >= 4 is 0 Å². The summed E-state index contributed by atoms with van der Waals surface area (Å²) in [6, 6.07) is 2.18. The molecule has 0 heterocycles. The predicted octanol–water partition coefficient (Wildman–Crippen LogP) is 7.58. The molecule has 1 atom stereocenters. The minimum Gasteiger partial charge on any atom is -0.350 e. The maximum absolute atomic E-state index is 13.5. The van der Waals surface area contributed by atoms with Crippen molar-refractivity contribution < 1.29 is 22.6 Å². The number of unbranched alkanes of at least 4 members (excludes halogenated alkanes) is 5. The minimum absolute atomic E-state index is 0.198. The third kappa shape index (κ3) is 9.08. The van der Waals surface area contributed by atoms with Crippen molar-refractivity contribution in [3.05, 3.63) is 35.1 Å². The third-order valence-electron chi connectivity index (χ3n) is 5.57. The van der Waals surface area contributed by atoms with Gasteiger partial charge >= 0.3 is 0 Å². The molecule has 0 radical (unpaired) electrons. The van der Waals surface area contributed by atoms with Crippen LogP contribution in [-0.2, 0) is 15.9 Å². The van der Waals surface area contributed by atoms with Gasteiger partial charge in [-0.2, -0.15) is 0 Å². The van der Waals surface area contributed by atoms with Gasteiger partial charge in [0.2, 0.25) is 0 Å². The standard InChI is InChI=1S/C24H39F3O2/c1-5-8-9-10-11-12-15-20(24(4,28-6-2)29-7-3)16-13-14-19-17-21(25)23(27)22(26)18-19/h17-18,20H,5-16H2,1-4H3. The number of hydrogen-bond donors (Lipinski definition) is 0. The largest absolute Gasteiger partial charge is 0.350 e. The summed E-state index contributed by atoms with van der Waals surface area (Å²) in [5.41, 5.74) is 0.481. The van der Waals surface area contributed by atoms with Gasteiger partial charge in [0, 0.05) is 19.1 Å². The molecule has 0 aliphatic rings. The first-order chi connectivity index (χ1) is 13.9. The SMILES string of the molecule is CCCCCCCCC(CCCc1cc(F)c(F)c(F)c1)C(C)(OCC)OCC.